The van der Waals surface area contributed by atoms with E-state index in [-0.39, 0.29) is 29.7 Å². The first-order valence-electron chi connectivity index (χ1n) is 14.8. The summed E-state index contributed by atoms with van der Waals surface area (Å²) < 4.78 is 29.4. The Morgan fingerprint density at radius 3 is 2.02 bits per heavy atom. The van der Waals surface area contributed by atoms with Gasteiger partial charge < -0.3 is 10.2 Å². The number of halogens is 3. The molecule has 0 spiro atoms. The number of carbonyl (C=O) groups excluding carboxylic acids is 2. The maximum Gasteiger partial charge on any atom is 0.264 e. The minimum Gasteiger partial charge on any atom is -0.354 e. The van der Waals surface area contributed by atoms with Gasteiger partial charge >= 0.3 is 0 Å². The van der Waals surface area contributed by atoms with Gasteiger partial charge in [0.15, 0.2) is 0 Å². The van der Waals surface area contributed by atoms with Crippen molar-refractivity contribution in [2.45, 2.75) is 44.7 Å². The lowest BCUT2D eigenvalue weighted by molar-refractivity contribution is -0.140. The molecule has 2 amide bonds. The molecule has 0 fully saturated rings. The van der Waals surface area contributed by atoms with Crippen LogP contribution in [-0.4, -0.2) is 44.3 Å². The number of sulfonamides is 1. The van der Waals surface area contributed by atoms with Crippen molar-refractivity contribution in [2.24, 2.45) is 5.92 Å². The molecule has 0 saturated carbocycles. The third kappa shape index (κ3) is 8.82. The van der Waals surface area contributed by atoms with Crippen molar-refractivity contribution in [1.29, 1.82) is 0 Å². The highest BCUT2D eigenvalue weighted by atomic mass is 35.5. The van der Waals surface area contributed by atoms with Crippen molar-refractivity contribution in [2.75, 3.05) is 17.4 Å². The smallest absolute Gasteiger partial charge is 0.264 e. The summed E-state index contributed by atoms with van der Waals surface area (Å²) in [4.78, 5) is 29.8. The van der Waals surface area contributed by atoms with Gasteiger partial charge in [-0.15, -0.1) is 0 Å². The molecular weight excluding hydrogens is 665 g/mol. The molecular formula is C35H36Cl3N3O4S. The molecule has 0 saturated heterocycles. The molecule has 7 nitrogen and oxygen atoms in total. The maximum atomic E-state index is 14.6. The Labute approximate surface area is 286 Å². The van der Waals surface area contributed by atoms with Crippen molar-refractivity contribution in [3.05, 3.63) is 129 Å². The van der Waals surface area contributed by atoms with E-state index in [2.05, 4.69) is 5.32 Å². The van der Waals surface area contributed by atoms with Crippen LogP contribution in [-0.2, 0) is 32.6 Å². The highest BCUT2D eigenvalue weighted by molar-refractivity contribution is 7.92. The fourth-order valence-corrected chi connectivity index (χ4v) is 7.04. The summed E-state index contributed by atoms with van der Waals surface area (Å²) >= 11 is 19.2. The lowest BCUT2D eigenvalue weighted by atomic mass is 10.0. The van der Waals surface area contributed by atoms with E-state index in [4.69, 9.17) is 34.8 Å². The van der Waals surface area contributed by atoms with E-state index in [1.54, 1.807) is 49.4 Å². The monoisotopic (exact) mass is 699 g/mol. The van der Waals surface area contributed by atoms with E-state index in [1.165, 1.54) is 29.2 Å². The Morgan fingerprint density at radius 1 is 0.804 bits per heavy atom. The Bertz CT molecular complexity index is 1750. The fourth-order valence-electron chi connectivity index (χ4n) is 4.92. The van der Waals surface area contributed by atoms with Crippen LogP contribution in [0.4, 0.5) is 5.69 Å². The van der Waals surface area contributed by atoms with E-state index in [0.717, 1.165) is 9.87 Å². The van der Waals surface area contributed by atoms with Crippen LogP contribution in [0.3, 0.4) is 0 Å². The summed E-state index contributed by atoms with van der Waals surface area (Å²) in [6.45, 7) is 5.37. The van der Waals surface area contributed by atoms with E-state index in [0.29, 0.717) is 38.4 Å². The van der Waals surface area contributed by atoms with Crippen LogP contribution in [0.1, 0.15) is 30.5 Å². The van der Waals surface area contributed by atoms with Gasteiger partial charge in [-0.1, -0.05) is 103 Å². The van der Waals surface area contributed by atoms with Gasteiger partial charge in [-0.05, 0) is 66.4 Å². The minimum absolute atomic E-state index is 0.0378. The number of para-hydroxylation sites is 1. The highest BCUT2D eigenvalue weighted by Gasteiger charge is 2.35. The molecule has 11 heteroatoms. The lowest BCUT2D eigenvalue weighted by Crippen LogP contribution is -2.54. The van der Waals surface area contributed by atoms with Crippen molar-refractivity contribution in [3.8, 4) is 0 Å². The Kier molecular flexibility index (Phi) is 12.1. The van der Waals surface area contributed by atoms with Crippen LogP contribution in [0, 0.1) is 12.8 Å². The van der Waals surface area contributed by atoms with Gasteiger partial charge in [0.2, 0.25) is 11.8 Å². The zero-order chi connectivity index (χ0) is 33.4. The molecule has 0 aromatic heterocycles. The normalized spacial score (nSPS) is 12.1. The summed E-state index contributed by atoms with van der Waals surface area (Å²) in [5.41, 5.74) is 2.23. The molecule has 0 bridgehead atoms. The quantitative estimate of drug-likeness (QED) is 0.156. The summed E-state index contributed by atoms with van der Waals surface area (Å²) in [6.07, 6.45) is 0.173. The van der Waals surface area contributed by atoms with Gasteiger partial charge in [0.1, 0.15) is 12.6 Å². The Morgan fingerprint density at radius 2 is 1.41 bits per heavy atom. The second-order valence-electron chi connectivity index (χ2n) is 11.3. The molecule has 46 heavy (non-hydrogen) atoms. The summed E-state index contributed by atoms with van der Waals surface area (Å²) in [6, 6.07) is 26.0. The number of benzene rings is 4. The fraction of sp³-hybridized carbons (Fsp3) is 0.257. The zero-order valence-corrected chi connectivity index (χ0v) is 28.9. The topological polar surface area (TPSA) is 86.8 Å². The first-order chi connectivity index (χ1) is 21.9. The van der Waals surface area contributed by atoms with Gasteiger partial charge in [0, 0.05) is 40.1 Å². The molecule has 1 atom stereocenters. The molecule has 0 aliphatic heterocycles. The average molecular weight is 701 g/mol. The molecule has 4 aromatic rings. The van der Waals surface area contributed by atoms with E-state index < -0.39 is 28.5 Å². The molecule has 1 unspecified atom stereocenters. The lowest BCUT2D eigenvalue weighted by Gasteiger charge is -2.34. The summed E-state index contributed by atoms with van der Waals surface area (Å²) in [5.74, 6) is -0.834. The van der Waals surface area contributed by atoms with Gasteiger partial charge in [0.25, 0.3) is 10.0 Å². The van der Waals surface area contributed by atoms with Crippen molar-refractivity contribution < 1.29 is 18.0 Å². The zero-order valence-electron chi connectivity index (χ0n) is 25.8. The standard InChI is InChI=1S/C35H36Cl3N3O4S/c1-24(2)21-39-35(43)33(20-26-11-5-4-6-12-26)40(22-29-30(37)13-9-14-31(29)38)34(42)23-41(32-15-8-7-10-25(32)3)46(44,45)28-18-16-27(36)17-19-28/h4-19,24,33H,20-23H2,1-3H3,(H,39,43). The number of amides is 2. The number of aryl methyl sites for hydroxylation is 1. The molecule has 0 aliphatic rings. The first kappa shape index (κ1) is 35.3. The number of hydrogen-bond donors (Lipinski definition) is 1. The highest BCUT2D eigenvalue weighted by Crippen LogP contribution is 2.30. The molecule has 0 radical (unpaired) electrons. The van der Waals surface area contributed by atoms with Gasteiger partial charge in [0.05, 0.1) is 10.6 Å². The Balaban J connectivity index is 1.84. The van der Waals surface area contributed by atoms with Gasteiger partial charge in [-0.25, -0.2) is 8.42 Å². The minimum atomic E-state index is -4.26. The van der Waals surface area contributed by atoms with E-state index in [9.17, 15) is 18.0 Å². The van der Waals surface area contributed by atoms with E-state index >= 15 is 0 Å². The number of carbonyl (C=O) groups is 2. The number of nitrogens with zero attached hydrogens (tertiary/aromatic N) is 2. The van der Waals surface area contributed by atoms with Crippen molar-refractivity contribution in [1.82, 2.24) is 10.2 Å². The second-order valence-corrected chi connectivity index (χ2v) is 14.4. The van der Waals surface area contributed by atoms with Gasteiger partial charge in [-0.2, -0.15) is 0 Å². The molecule has 0 aliphatic carbocycles. The number of rotatable bonds is 13. The van der Waals surface area contributed by atoms with Crippen LogP contribution in [0.2, 0.25) is 15.1 Å². The molecule has 1 N–H and O–H groups in total. The molecule has 0 heterocycles. The largest absolute Gasteiger partial charge is 0.354 e. The van der Waals surface area contributed by atoms with Crippen LogP contribution < -0.4 is 9.62 Å². The van der Waals surface area contributed by atoms with Gasteiger partial charge in [-0.3, -0.25) is 13.9 Å². The number of nitrogens with one attached hydrogen (secondary N) is 1. The van der Waals surface area contributed by atoms with Crippen LogP contribution in [0.25, 0.3) is 0 Å². The summed E-state index contributed by atoms with van der Waals surface area (Å²) in [5, 5.41) is 3.97. The molecule has 4 aromatic carbocycles. The predicted octanol–water partition coefficient (Wildman–Crippen LogP) is 7.56. The summed E-state index contributed by atoms with van der Waals surface area (Å²) in [7, 11) is -4.26. The second kappa shape index (κ2) is 15.8. The molecule has 242 valence electrons. The number of anilines is 1. The molecule has 4 rings (SSSR count). The third-order valence-electron chi connectivity index (χ3n) is 7.41. The van der Waals surface area contributed by atoms with Crippen LogP contribution >= 0.6 is 34.8 Å². The van der Waals surface area contributed by atoms with Crippen molar-refractivity contribution in [3.63, 3.8) is 0 Å². The van der Waals surface area contributed by atoms with Crippen LogP contribution in [0.15, 0.2) is 102 Å². The van der Waals surface area contributed by atoms with E-state index in [1.807, 2.05) is 44.2 Å². The predicted molar refractivity (Wildman–Crippen MR) is 186 cm³/mol. The third-order valence-corrected chi connectivity index (χ3v) is 10.1. The average Bonchev–Trinajstić information content (AvgIpc) is 3.02. The number of hydrogen-bond acceptors (Lipinski definition) is 4. The van der Waals surface area contributed by atoms with Crippen molar-refractivity contribution >= 4 is 62.3 Å². The first-order valence-corrected chi connectivity index (χ1v) is 17.3. The SMILES string of the molecule is Cc1ccccc1N(CC(=O)N(Cc1c(Cl)cccc1Cl)C(Cc1ccccc1)C(=O)NCC(C)C)S(=O)(=O)c1ccc(Cl)cc1. The Hall–Kier alpha value is -3.56. The van der Waals surface area contributed by atoms with Crippen LogP contribution in [0.5, 0.6) is 0 Å². The maximum absolute atomic E-state index is 14.6.